The molecule has 0 saturated carbocycles. The summed E-state index contributed by atoms with van der Waals surface area (Å²) in [6.07, 6.45) is 0.832. The molecule has 0 aliphatic carbocycles. The topological polar surface area (TPSA) is 32.3 Å². The Balaban J connectivity index is 2.01. The van der Waals surface area contributed by atoms with Gasteiger partial charge in [0.1, 0.15) is 5.82 Å². The van der Waals surface area contributed by atoms with E-state index in [0.29, 0.717) is 16.6 Å². The van der Waals surface area contributed by atoms with Crippen LogP contribution < -0.4 is 5.32 Å². The van der Waals surface area contributed by atoms with Crippen LogP contribution in [0.15, 0.2) is 53.0 Å². The Morgan fingerprint density at radius 1 is 1.22 bits per heavy atom. The average Bonchev–Trinajstić information content (AvgIpc) is 2.54. The quantitative estimate of drug-likeness (QED) is 0.834. The lowest BCUT2D eigenvalue weighted by molar-refractivity contribution is 0.0940. The predicted octanol–water partition coefficient (Wildman–Crippen LogP) is 3.49. The van der Waals surface area contributed by atoms with Gasteiger partial charge in [0.25, 0.3) is 5.91 Å². The molecule has 2 aromatic carbocycles. The van der Waals surface area contributed by atoms with E-state index in [0.717, 1.165) is 6.42 Å². The van der Waals surface area contributed by atoms with Gasteiger partial charge in [0.2, 0.25) is 0 Å². The van der Waals surface area contributed by atoms with Gasteiger partial charge in [-0.2, -0.15) is 0 Å². The molecule has 0 bridgehead atoms. The largest absolute Gasteiger partial charge is 0.350 e. The fourth-order valence-corrected chi connectivity index (χ4v) is 2.73. The van der Waals surface area contributed by atoms with Crippen molar-refractivity contribution in [2.45, 2.75) is 12.5 Å². The van der Waals surface area contributed by atoms with Gasteiger partial charge in [-0.3, -0.25) is 4.79 Å². The van der Waals surface area contributed by atoms with E-state index in [1.165, 1.54) is 23.8 Å². The molecule has 0 saturated heterocycles. The van der Waals surface area contributed by atoms with Crippen LogP contribution in [0.1, 0.15) is 15.9 Å². The van der Waals surface area contributed by atoms with Gasteiger partial charge in [0, 0.05) is 17.1 Å². The molecule has 0 aromatic heterocycles. The normalized spacial score (nSPS) is 12.2. The molecular formula is C18H20BrFN2O. The highest BCUT2D eigenvalue weighted by Gasteiger charge is 2.16. The van der Waals surface area contributed by atoms with Crippen molar-refractivity contribution in [3.63, 3.8) is 0 Å². The summed E-state index contributed by atoms with van der Waals surface area (Å²) in [5.41, 5.74) is 1.52. The molecule has 0 spiro atoms. The van der Waals surface area contributed by atoms with Crippen molar-refractivity contribution < 1.29 is 9.18 Å². The Kier molecular flexibility index (Phi) is 6.30. The van der Waals surface area contributed by atoms with Crippen molar-refractivity contribution in [1.29, 1.82) is 0 Å². The van der Waals surface area contributed by atoms with Crippen molar-refractivity contribution >= 4 is 21.8 Å². The lowest BCUT2D eigenvalue weighted by Gasteiger charge is -2.25. The van der Waals surface area contributed by atoms with E-state index in [9.17, 15) is 9.18 Å². The fraction of sp³-hybridized carbons (Fsp3) is 0.278. The highest BCUT2D eigenvalue weighted by Crippen LogP contribution is 2.17. The van der Waals surface area contributed by atoms with Crippen LogP contribution in [0.5, 0.6) is 0 Å². The van der Waals surface area contributed by atoms with Crippen LogP contribution in [0.3, 0.4) is 0 Å². The van der Waals surface area contributed by atoms with E-state index in [-0.39, 0.29) is 11.9 Å². The van der Waals surface area contributed by atoms with Crippen molar-refractivity contribution in [2.75, 3.05) is 20.6 Å². The maximum absolute atomic E-state index is 13.3. The Hall–Kier alpha value is -1.72. The molecule has 23 heavy (non-hydrogen) atoms. The minimum Gasteiger partial charge on any atom is -0.350 e. The minimum atomic E-state index is -0.424. The lowest BCUT2D eigenvalue weighted by atomic mass is 10.0. The van der Waals surface area contributed by atoms with E-state index < -0.39 is 5.82 Å². The molecule has 0 aliphatic rings. The van der Waals surface area contributed by atoms with Crippen molar-refractivity contribution in [1.82, 2.24) is 10.2 Å². The maximum Gasteiger partial charge on any atom is 0.252 e. The molecule has 3 nitrogen and oxygen atoms in total. The van der Waals surface area contributed by atoms with Gasteiger partial charge in [-0.05, 0) is 60.2 Å². The number of hydrogen-bond donors (Lipinski definition) is 1. The third-order valence-corrected chi connectivity index (χ3v) is 4.41. The number of nitrogens with zero attached hydrogens (tertiary/aromatic N) is 1. The SMILES string of the molecule is CN(C)[C@H](CNC(=O)c1cc(F)ccc1Br)Cc1ccccc1. The molecule has 1 atom stereocenters. The number of hydrogen-bond acceptors (Lipinski definition) is 2. The molecule has 1 N–H and O–H groups in total. The Bertz CT molecular complexity index is 661. The summed E-state index contributed by atoms with van der Waals surface area (Å²) < 4.78 is 13.9. The molecule has 2 aromatic rings. The molecule has 1 amide bonds. The maximum atomic E-state index is 13.3. The average molecular weight is 379 g/mol. The number of carbonyl (C=O) groups is 1. The lowest BCUT2D eigenvalue weighted by Crippen LogP contribution is -2.41. The number of likely N-dealkylation sites (N-methyl/N-ethyl adjacent to an activating group) is 1. The minimum absolute atomic E-state index is 0.161. The predicted molar refractivity (Wildman–Crippen MR) is 94.1 cm³/mol. The molecule has 122 valence electrons. The summed E-state index contributed by atoms with van der Waals surface area (Å²) >= 11 is 3.28. The molecule has 0 fully saturated rings. The zero-order valence-corrected chi connectivity index (χ0v) is 14.8. The molecule has 5 heteroatoms. The van der Waals surface area contributed by atoms with E-state index in [1.54, 1.807) is 0 Å². The highest BCUT2D eigenvalue weighted by atomic mass is 79.9. The van der Waals surface area contributed by atoms with E-state index in [2.05, 4.69) is 38.3 Å². The van der Waals surface area contributed by atoms with Crippen molar-refractivity contribution in [3.8, 4) is 0 Å². The Labute approximate surface area is 144 Å². The zero-order chi connectivity index (χ0) is 16.8. The van der Waals surface area contributed by atoms with Gasteiger partial charge >= 0.3 is 0 Å². The fourth-order valence-electron chi connectivity index (χ4n) is 2.30. The molecule has 0 heterocycles. The Morgan fingerprint density at radius 3 is 2.57 bits per heavy atom. The third kappa shape index (κ3) is 5.15. The van der Waals surface area contributed by atoms with Crippen LogP contribution >= 0.6 is 15.9 Å². The third-order valence-electron chi connectivity index (χ3n) is 3.72. The Morgan fingerprint density at radius 2 is 1.91 bits per heavy atom. The monoisotopic (exact) mass is 378 g/mol. The molecular weight excluding hydrogens is 359 g/mol. The number of rotatable bonds is 6. The van der Waals surface area contributed by atoms with Crippen LogP contribution in [-0.4, -0.2) is 37.5 Å². The first-order valence-corrected chi connectivity index (χ1v) is 8.20. The van der Waals surface area contributed by atoms with Crippen LogP contribution in [0.2, 0.25) is 0 Å². The van der Waals surface area contributed by atoms with Crippen molar-refractivity contribution in [2.24, 2.45) is 0 Å². The molecule has 0 radical (unpaired) electrons. The first-order valence-electron chi connectivity index (χ1n) is 7.41. The smallest absolute Gasteiger partial charge is 0.252 e. The summed E-state index contributed by atoms with van der Waals surface area (Å²) in [5.74, 6) is -0.705. The summed E-state index contributed by atoms with van der Waals surface area (Å²) in [5, 5.41) is 2.89. The van der Waals surface area contributed by atoms with Gasteiger partial charge in [-0.25, -0.2) is 4.39 Å². The summed E-state index contributed by atoms with van der Waals surface area (Å²) in [7, 11) is 3.97. The molecule has 0 aliphatic heterocycles. The van der Waals surface area contributed by atoms with E-state index in [4.69, 9.17) is 0 Å². The standard InChI is InChI=1S/C18H20BrFN2O/c1-22(2)15(10-13-6-4-3-5-7-13)12-21-18(23)16-11-14(20)8-9-17(16)19/h3-9,11,15H,10,12H2,1-2H3,(H,21,23)/t15-/m0/s1. The second-order valence-electron chi connectivity index (χ2n) is 5.64. The summed E-state index contributed by atoms with van der Waals surface area (Å²) in [6.45, 7) is 0.490. The number of benzene rings is 2. The highest BCUT2D eigenvalue weighted by molar-refractivity contribution is 9.10. The zero-order valence-electron chi connectivity index (χ0n) is 13.2. The second-order valence-corrected chi connectivity index (χ2v) is 6.50. The van der Waals surface area contributed by atoms with E-state index >= 15 is 0 Å². The van der Waals surface area contributed by atoms with Crippen LogP contribution in [0, 0.1) is 5.82 Å². The molecule has 2 rings (SSSR count). The van der Waals surface area contributed by atoms with Gasteiger partial charge in [-0.15, -0.1) is 0 Å². The molecule has 0 unspecified atom stereocenters. The van der Waals surface area contributed by atoms with Gasteiger partial charge < -0.3 is 10.2 Å². The van der Waals surface area contributed by atoms with Gasteiger partial charge in [-0.1, -0.05) is 30.3 Å². The summed E-state index contributed by atoms with van der Waals surface area (Å²) in [6, 6.07) is 14.4. The first-order chi connectivity index (χ1) is 11.0. The van der Waals surface area contributed by atoms with Crippen LogP contribution in [-0.2, 0) is 6.42 Å². The van der Waals surface area contributed by atoms with Crippen molar-refractivity contribution in [3.05, 3.63) is 69.9 Å². The number of nitrogens with one attached hydrogen (secondary N) is 1. The number of amides is 1. The number of halogens is 2. The first kappa shape index (κ1) is 17.6. The number of carbonyl (C=O) groups excluding carboxylic acids is 1. The summed E-state index contributed by atoms with van der Waals surface area (Å²) in [4.78, 5) is 14.3. The van der Waals surface area contributed by atoms with Gasteiger partial charge in [0.15, 0.2) is 0 Å². The second kappa shape index (κ2) is 8.22. The van der Waals surface area contributed by atoms with E-state index in [1.807, 2.05) is 32.3 Å². The van der Waals surface area contributed by atoms with Crippen LogP contribution in [0.25, 0.3) is 0 Å². The van der Waals surface area contributed by atoms with Gasteiger partial charge in [0.05, 0.1) is 5.56 Å². The van der Waals surface area contributed by atoms with Crippen LogP contribution in [0.4, 0.5) is 4.39 Å².